The smallest absolute Gasteiger partial charge is 0.224 e. The molecule has 3 rings (SSSR count). The number of nitrogens with one attached hydrogen (secondary N) is 2. The SMILES string of the molecule is CNc1nc(Nc2ccccc2F)cc(C2CC2)n1. The van der Waals surface area contributed by atoms with Crippen molar-refractivity contribution in [3.05, 3.63) is 41.8 Å². The topological polar surface area (TPSA) is 49.8 Å². The normalized spacial score (nSPS) is 14.2. The quantitative estimate of drug-likeness (QED) is 0.883. The second-order valence-electron chi connectivity index (χ2n) is 4.63. The third kappa shape index (κ3) is 2.65. The van der Waals surface area contributed by atoms with Gasteiger partial charge in [0.05, 0.1) is 11.4 Å². The van der Waals surface area contributed by atoms with Crippen LogP contribution in [0.5, 0.6) is 0 Å². The molecule has 1 aromatic carbocycles. The first-order chi connectivity index (χ1) is 9.26. The number of nitrogens with zero attached hydrogens (tertiary/aromatic N) is 2. The van der Waals surface area contributed by atoms with Crippen molar-refractivity contribution in [2.75, 3.05) is 17.7 Å². The van der Waals surface area contributed by atoms with Gasteiger partial charge in [0, 0.05) is 19.0 Å². The summed E-state index contributed by atoms with van der Waals surface area (Å²) in [7, 11) is 1.78. The van der Waals surface area contributed by atoms with E-state index < -0.39 is 0 Å². The lowest BCUT2D eigenvalue weighted by atomic mass is 10.2. The molecule has 1 aliphatic rings. The van der Waals surface area contributed by atoms with Gasteiger partial charge < -0.3 is 10.6 Å². The lowest BCUT2D eigenvalue weighted by Crippen LogP contribution is -2.04. The van der Waals surface area contributed by atoms with Crippen LogP contribution in [0.25, 0.3) is 0 Å². The van der Waals surface area contributed by atoms with E-state index in [1.165, 1.54) is 18.9 Å². The number of hydrogen-bond donors (Lipinski definition) is 2. The Morgan fingerprint density at radius 3 is 2.68 bits per heavy atom. The van der Waals surface area contributed by atoms with Crippen molar-refractivity contribution in [3.63, 3.8) is 0 Å². The third-order valence-electron chi connectivity index (χ3n) is 3.10. The van der Waals surface area contributed by atoms with Crippen LogP contribution in [0, 0.1) is 5.82 Å². The molecule has 2 N–H and O–H groups in total. The highest BCUT2D eigenvalue weighted by Gasteiger charge is 2.26. The van der Waals surface area contributed by atoms with E-state index in [1.807, 2.05) is 6.07 Å². The van der Waals surface area contributed by atoms with Crippen molar-refractivity contribution in [1.29, 1.82) is 0 Å². The highest BCUT2D eigenvalue weighted by atomic mass is 19.1. The van der Waals surface area contributed by atoms with Gasteiger partial charge in [-0.15, -0.1) is 0 Å². The largest absolute Gasteiger partial charge is 0.357 e. The zero-order valence-electron chi connectivity index (χ0n) is 10.7. The molecular weight excluding hydrogens is 243 g/mol. The number of aromatic nitrogens is 2. The fourth-order valence-corrected chi connectivity index (χ4v) is 1.93. The third-order valence-corrected chi connectivity index (χ3v) is 3.10. The van der Waals surface area contributed by atoms with Crippen LogP contribution in [0.1, 0.15) is 24.5 Å². The van der Waals surface area contributed by atoms with Gasteiger partial charge in [-0.2, -0.15) is 4.98 Å². The van der Waals surface area contributed by atoms with Crippen LogP contribution < -0.4 is 10.6 Å². The molecule has 1 aromatic heterocycles. The van der Waals surface area contributed by atoms with Gasteiger partial charge in [0.25, 0.3) is 0 Å². The fraction of sp³-hybridized carbons (Fsp3) is 0.286. The predicted molar refractivity (Wildman–Crippen MR) is 73.2 cm³/mol. The van der Waals surface area contributed by atoms with Gasteiger partial charge in [-0.1, -0.05) is 12.1 Å². The average Bonchev–Trinajstić information content (AvgIpc) is 3.25. The lowest BCUT2D eigenvalue weighted by molar-refractivity contribution is 0.632. The van der Waals surface area contributed by atoms with Gasteiger partial charge in [-0.25, -0.2) is 9.37 Å². The Kier molecular flexibility index (Phi) is 3.03. The number of halogens is 1. The molecule has 0 aliphatic heterocycles. The number of para-hydroxylation sites is 1. The average molecular weight is 258 g/mol. The predicted octanol–water partition coefficient (Wildman–Crippen LogP) is 3.28. The van der Waals surface area contributed by atoms with Crippen molar-refractivity contribution in [1.82, 2.24) is 9.97 Å². The molecule has 0 bridgehead atoms. The molecule has 1 saturated carbocycles. The van der Waals surface area contributed by atoms with Gasteiger partial charge in [-0.05, 0) is 25.0 Å². The van der Waals surface area contributed by atoms with Crippen molar-refractivity contribution in [3.8, 4) is 0 Å². The molecule has 2 aromatic rings. The van der Waals surface area contributed by atoms with Crippen LogP contribution in [-0.4, -0.2) is 17.0 Å². The van der Waals surface area contributed by atoms with Crippen LogP contribution >= 0.6 is 0 Å². The Morgan fingerprint density at radius 2 is 2.00 bits per heavy atom. The van der Waals surface area contributed by atoms with Crippen LogP contribution in [-0.2, 0) is 0 Å². The maximum absolute atomic E-state index is 13.6. The van der Waals surface area contributed by atoms with E-state index in [2.05, 4.69) is 20.6 Å². The van der Waals surface area contributed by atoms with Crippen molar-refractivity contribution >= 4 is 17.5 Å². The molecule has 5 heteroatoms. The maximum Gasteiger partial charge on any atom is 0.224 e. The van der Waals surface area contributed by atoms with Crippen LogP contribution in [0.2, 0.25) is 0 Å². The molecule has 0 spiro atoms. The fourth-order valence-electron chi connectivity index (χ4n) is 1.93. The van der Waals surface area contributed by atoms with E-state index in [0.717, 1.165) is 5.69 Å². The monoisotopic (exact) mass is 258 g/mol. The van der Waals surface area contributed by atoms with E-state index in [0.29, 0.717) is 23.4 Å². The summed E-state index contributed by atoms with van der Waals surface area (Å²) in [6, 6.07) is 8.45. The molecule has 19 heavy (non-hydrogen) atoms. The summed E-state index contributed by atoms with van der Waals surface area (Å²) in [4.78, 5) is 8.72. The Bertz CT molecular complexity index is 596. The molecule has 0 amide bonds. The summed E-state index contributed by atoms with van der Waals surface area (Å²) >= 11 is 0. The van der Waals surface area contributed by atoms with E-state index in [9.17, 15) is 4.39 Å². The molecule has 0 saturated heterocycles. The van der Waals surface area contributed by atoms with Crippen molar-refractivity contribution < 1.29 is 4.39 Å². The zero-order chi connectivity index (χ0) is 13.2. The Hall–Kier alpha value is -2.17. The first kappa shape index (κ1) is 11.9. The van der Waals surface area contributed by atoms with Gasteiger partial charge in [-0.3, -0.25) is 0 Å². The summed E-state index contributed by atoms with van der Waals surface area (Å²) in [5.74, 6) is 1.41. The first-order valence-electron chi connectivity index (χ1n) is 6.34. The van der Waals surface area contributed by atoms with E-state index in [-0.39, 0.29) is 5.82 Å². The molecule has 1 aliphatic carbocycles. The Balaban J connectivity index is 1.91. The second-order valence-corrected chi connectivity index (χ2v) is 4.63. The van der Waals surface area contributed by atoms with Crippen molar-refractivity contribution in [2.24, 2.45) is 0 Å². The van der Waals surface area contributed by atoms with E-state index in [4.69, 9.17) is 0 Å². The van der Waals surface area contributed by atoms with Gasteiger partial charge in [0.15, 0.2) is 0 Å². The Morgan fingerprint density at radius 1 is 1.21 bits per heavy atom. The molecule has 4 nitrogen and oxygen atoms in total. The second kappa shape index (κ2) is 4.84. The zero-order valence-corrected chi connectivity index (χ0v) is 10.7. The molecule has 0 unspecified atom stereocenters. The van der Waals surface area contributed by atoms with Crippen LogP contribution in [0.15, 0.2) is 30.3 Å². The molecule has 1 heterocycles. The molecule has 98 valence electrons. The minimum Gasteiger partial charge on any atom is -0.357 e. The number of hydrogen-bond acceptors (Lipinski definition) is 4. The molecule has 0 atom stereocenters. The van der Waals surface area contributed by atoms with Crippen molar-refractivity contribution in [2.45, 2.75) is 18.8 Å². The molecular formula is C14H15FN4. The Labute approximate surface area is 111 Å². The minimum atomic E-state index is -0.292. The number of rotatable bonds is 4. The highest BCUT2D eigenvalue weighted by molar-refractivity contribution is 5.58. The van der Waals surface area contributed by atoms with Crippen LogP contribution in [0.4, 0.5) is 21.8 Å². The summed E-state index contributed by atoms with van der Waals surface area (Å²) < 4.78 is 13.6. The first-order valence-corrected chi connectivity index (χ1v) is 6.34. The summed E-state index contributed by atoms with van der Waals surface area (Å²) in [6.45, 7) is 0. The maximum atomic E-state index is 13.6. The summed E-state index contributed by atoms with van der Waals surface area (Å²) in [5, 5.41) is 5.94. The highest BCUT2D eigenvalue weighted by Crippen LogP contribution is 2.40. The van der Waals surface area contributed by atoms with E-state index >= 15 is 0 Å². The standard InChI is InChI=1S/C14H15FN4/c1-16-14-18-12(9-6-7-9)8-13(19-14)17-11-5-3-2-4-10(11)15/h2-5,8-9H,6-7H2,1H3,(H2,16,17,18,19). The van der Waals surface area contributed by atoms with Gasteiger partial charge in [0.2, 0.25) is 5.95 Å². The number of benzene rings is 1. The van der Waals surface area contributed by atoms with Gasteiger partial charge in [0.1, 0.15) is 11.6 Å². The van der Waals surface area contributed by atoms with E-state index in [1.54, 1.807) is 25.2 Å². The minimum absolute atomic E-state index is 0.292. The summed E-state index contributed by atoms with van der Waals surface area (Å²) in [5.41, 5.74) is 1.43. The molecule has 0 radical (unpaired) electrons. The van der Waals surface area contributed by atoms with Gasteiger partial charge >= 0.3 is 0 Å². The number of anilines is 3. The van der Waals surface area contributed by atoms with Crippen LogP contribution in [0.3, 0.4) is 0 Å². The summed E-state index contributed by atoms with van der Waals surface area (Å²) in [6.07, 6.45) is 2.33. The lowest BCUT2D eigenvalue weighted by Gasteiger charge is -2.10. The molecule has 1 fully saturated rings.